The Balaban J connectivity index is 1.36. The van der Waals surface area contributed by atoms with Crippen molar-refractivity contribution in [1.29, 1.82) is 0 Å². The average Bonchev–Trinajstić information content (AvgIpc) is 3.04. The van der Waals surface area contributed by atoms with Crippen molar-refractivity contribution in [2.45, 2.75) is 38.4 Å². The van der Waals surface area contributed by atoms with Gasteiger partial charge in [-0.05, 0) is 31.9 Å². The minimum absolute atomic E-state index is 0.137. The van der Waals surface area contributed by atoms with Gasteiger partial charge in [0, 0.05) is 32.6 Å². The van der Waals surface area contributed by atoms with Gasteiger partial charge in [0.2, 0.25) is 5.91 Å². The van der Waals surface area contributed by atoms with Crippen LogP contribution >= 0.6 is 11.3 Å². The van der Waals surface area contributed by atoms with Crippen LogP contribution < -0.4 is 4.74 Å². The predicted molar refractivity (Wildman–Crippen MR) is 119 cm³/mol. The summed E-state index contributed by atoms with van der Waals surface area (Å²) in [5.74, 6) is 0.956. The molecule has 1 aromatic carbocycles. The van der Waals surface area contributed by atoms with Gasteiger partial charge in [-0.25, -0.2) is 4.98 Å². The summed E-state index contributed by atoms with van der Waals surface area (Å²) < 4.78 is 11.2. The summed E-state index contributed by atoms with van der Waals surface area (Å²) in [4.78, 5) is 22.5. The van der Waals surface area contributed by atoms with Gasteiger partial charge in [-0.2, -0.15) is 0 Å². The van der Waals surface area contributed by atoms with E-state index in [9.17, 15) is 9.90 Å². The molecule has 0 radical (unpaired) electrons. The van der Waals surface area contributed by atoms with Crippen LogP contribution in [0.25, 0.3) is 0 Å². The minimum atomic E-state index is -0.992. The van der Waals surface area contributed by atoms with Crippen molar-refractivity contribution in [3.05, 3.63) is 45.9 Å². The number of para-hydroxylation sites is 1. The molecule has 1 atom stereocenters. The molecule has 0 bridgehead atoms. The van der Waals surface area contributed by atoms with E-state index in [0.29, 0.717) is 52.3 Å². The lowest BCUT2D eigenvalue weighted by atomic mass is 9.96. The number of benzene rings is 1. The summed E-state index contributed by atoms with van der Waals surface area (Å²) in [7, 11) is 0. The molecule has 1 unspecified atom stereocenters. The maximum absolute atomic E-state index is 12.8. The Labute approximate surface area is 187 Å². The monoisotopic (exact) mass is 445 g/mol. The summed E-state index contributed by atoms with van der Waals surface area (Å²) in [5.41, 5.74) is -0.0946. The molecule has 2 aliphatic heterocycles. The first-order valence-electron chi connectivity index (χ1n) is 11.0. The number of likely N-dealkylation sites (tertiary alicyclic amines) is 1. The molecule has 2 aliphatic rings. The zero-order valence-electron chi connectivity index (χ0n) is 18.1. The number of thiazole rings is 1. The second kappa shape index (κ2) is 10.1. The Kier molecular flexibility index (Phi) is 7.22. The molecule has 8 heteroatoms. The summed E-state index contributed by atoms with van der Waals surface area (Å²) >= 11 is 1.52. The van der Waals surface area contributed by atoms with Crippen molar-refractivity contribution in [1.82, 2.24) is 14.8 Å². The highest BCUT2D eigenvalue weighted by Crippen LogP contribution is 2.37. The third-order valence-electron chi connectivity index (χ3n) is 6.03. The molecule has 0 saturated carbocycles. The van der Waals surface area contributed by atoms with E-state index >= 15 is 0 Å². The van der Waals surface area contributed by atoms with Gasteiger partial charge in [0.1, 0.15) is 23.0 Å². The Morgan fingerprint density at radius 2 is 1.97 bits per heavy atom. The van der Waals surface area contributed by atoms with Crippen molar-refractivity contribution in [2.24, 2.45) is 0 Å². The maximum atomic E-state index is 12.8. The molecular formula is C23H31N3O4S. The second-order valence-electron chi connectivity index (χ2n) is 8.28. The lowest BCUT2D eigenvalue weighted by molar-refractivity contribution is -0.133. The van der Waals surface area contributed by atoms with Gasteiger partial charge in [0.05, 0.1) is 30.3 Å². The quantitative estimate of drug-likeness (QED) is 0.737. The normalized spacial score (nSPS) is 22.8. The molecule has 0 spiro atoms. The van der Waals surface area contributed by atoms with Gasteiger partial charge in [-0.1, -0.05) is 18.2 Å². The molecule has 7 nitrogen and oxygen atoms in total. The van der Waals surface area contributed by atoms with E-state index in [0.717, 1.165) is 40.8 Å². The first-order valence-corrected chi connectivity index (χ1v) is 11.8. The highest BCUT2D eigenvalue weighted by atomic mass is 32.1. The van der Waals surface area contributed by atoms with E-state index in [-0.39, 0.29) is 5.91 Å². The van der Waals surface area contributed by atoms with Crippen LogP contribution in [0.5, 0.6) is 5.75 Å². The lowest BCUT2D eigenvalue weighted by Crippen LogP contribution is -2.45. The molecule has 0 aliphatic carbocycles. The number of aryl methyl sites for hydroxylation is 1. The largest absolute Gasteiger partial charge is 0.488 e. The van der Waals surface area contributed by atoms with E-state index in [1.165, 1.54) is 11.3 Å². The van der Waals surface area contributed by atoms with Crippen LogP contribution in [-0.2, 0) is 21.7 Å². The van der Waals surface area contributed by atoms with E-state index in [1.807, 2.05) is 42.2 Å². The van der Waals surface area contributed by atoms with Gasteiger partial charge in [0.25, 0.3) is 0 Å². The highest BCUT2D eigenvalue weighted by Gasteiger charge is 2.36. The summed E-state index contributed by atoms with van der Waals surface area (Å²) in [6.07, 6.45) is 1.88. The second-order valence-corrected chi connectivity index (χ2v) is 9.37. The molecule has 2 fully saturated rings. The van der Waals surface area contributed by atoms with Gasteiger partial charge < -0.3 is 19.5 Å². The fourth-order valence-corrected chi connectivity index (χ4v) is 5.18. The van der Waals surface area contributed by atoms with Crippen molar-refractivity contribution >= 4 is 17.2 Å². The first-order chi connectivity index (χ1) is 15.0. The predicted octanol–water partition coefficient (Wildman–Crippen LogP) is 2.56. The molecule has 31 heavy (non-hydrogen) atoms. The number of hydrogen-bond donors (Lipinski definition) is 1. The average molecular weight is 446 g/mol. The summed E-state index contributed by atoms with van der Waals surface area (Å²) in [6, 6.07) is 9.71. The van der Waals surface area contributed by atoms with Crippen LogP contribution in [0, 0.1) is 6.92 Å². The van der Waals surface area contributed by atoms with Gasteiger partial charge in [0.15, 0.2) is 0 Å². The number of aromatic nitrogens is 1. The SMILES string of the molecule is Cc1nc(C2(O)CCCN(C(=O)CN3CCOCC3)CC2)sc1COc1ccccc1. The van der Waals surface area contributed by atoms with Crippen LogP contribution in [0.15, 0.2) is 30.3 Å². The van der Waals surface area contributed by atoms with Crippen molar-refractivity contribution < 1.29 is 19.4 Å². The number of ether oxygens (including phenoxy) is 2. The molecule has 1 N–H and O–H groups in total. The number of morpholine rings is 1. The Morgan fingerprint density at radius 3 is 2.74 bits per heavy atom. The molecule has 3 heterocycles. The lowest BCUT2D eigenvalue weighted by Gasteiger charge is -2.29. The van der Waals surface area contributed by atoms with Crippen LogP contribution in [0.4, 0.5) is 0 Å². The summed E-state index contributed by atoms with van der Waals surface area (Å²) in [6.45, 7) is 7.04. The Hall–Kier alpha value is -2.00. The standard InChI is InChI=1S/C23H31N3O4S/c1-18-20(17-30-19-6-3-2-4-7-19)31-22(24-18)23(28)8-5-10-26(11-9-23)21(27)16-25-12-14-29-15-13-25/h2-4,6-7,28H,5,8-17H2,1H3. The van der Waals surface area contributed by atoms with E-state index in [1.54, 1.807) is 0 Å². The van der Waals surface area contributed by atoms with Crippen molar-refractivity contribution in [2.75, 3.05) is 45.9 Å². The van der Waals surface area contributed by atoms with Gasteiger partial charge >= 0.3 is 0 Å². The number of carbonyl (C=O) groups excluding carboxylic acids is 1. The minimum Gasteiger partial charge on any atom is -0.488 e. The van der Waals surface area contributed by atoms with Gasteiger partial charge in [-0.3, -0.25) is 9.69 Å². The van der Waals surface area contributed by atoms with E-state index < -0.39 is 5.60 Å². The smallest absolute Gasteiger partial charge is 0.236 e. The Bertz CT molecular complexity index is 869. The zero-order chi connectivity index (χ0) is 21.7. The third-order valence-corrected chi connectivity index (χ3v) is 7.36. The molecular weight excluding hydrogens is 414 g/mol. The summed E-state index contributed by atoms with van der Waals surface area (Å²) in [5, 5.41) is 12.1. The van der Waals surface area contributed by atoms with Crippen molar-refractivity contribution in [3.8, 4) is 5.75 Å². The molecule has 2 saturated heterocycles. The molecule has 2 aromatic rings. The third kappa shape index (κ3) is 5.63. The topological polar surface area (TPSA) is 75.1 Å². The van der Waals surface area contributed by atoms with Crippen molar-refractivity contribution in [3.63, 3.8) is 0 Å². The molecule has 168 valence electrons. The van der Waals surface area contributed by atoms with Crippen LogP contribution in [0.3, 0.4) is 0 Å². The molecule has 1 amide bonds. The van der Waals surface area contributed by atoms with E-state index in [2.05, 4.69) is 9.88 Å². The number of nitrogens with zero attached hydrogens (tertiary/aromatic N) is 3. The van der Waals surface area contributed by atoms with Gasteiger partial charge in [-0.15, -0.1) is 11.3 Å². The zero-order valence-corrected chi connectivity index (χ0v) is 18.9. The number of amides is 1. The van der Waals surface area contributed by atoms with Crippen LogP contribution in [0.2, 0.25) is 0 Å². The number of carbonyl (C=O) groups is 1. The van der Waals surface area contributed by atoms with Crippen LogP contribution in [-0.4, -0.2) is 71.7 Å². The number of hydrogen-bond acceptors (Lipinski definition) is 7. The van der Waals surface area contributed by atoms with Crippen LogP contribution in [0.1, 0.15) is 34.8 Å². The Morgan fingerprint density at radius 1 is 1.19 bits per heavy atom. The number of rotatable bonds is 6. The van der Waals surface area contributed by atoms with E-state index in [4.69, 9.17) is 9.47 Å². The highest BCUT2D eigenvalue weighted by molar-refractivity contribution is 7.11. The number of aliphatic hydroxyl groups is 1. The first kappa shape index (κ1) is 22.2. The molecule has 4 rings (SSSR count). The maximum Gasteiger partial charge on any atom is 0.236 e. The fourth-order valence-electron chi connectivity index (χ4n) is 4.06. The molecule has 1 aromatic heterocycles. The fraction of sp³-hybridized carbons (Fsp3) is 0.565.